The van der Waals surface area contributed by atoms with E-state index in [1.165, 1.54) is 4.57 Å². The molecule has 0 aliphatic carbocycles. The Bertz CT molecular complexity index is 679. The second kappa shape index (κ2) is 4.77. The van der Waals surface area contributed by atoms with E-state index in [1.807, 2.05) is 6.92 Å². The molecule has 2 heterocycles. The largest absolute Gasteiger partial charge is 0.330 e. The normalized spacial score (nSPS) is 11.3. The van der Waals surface area contributed by atoms with Crippen LogP contribution in [0.15, 0.2) is 9.59 Å². The summed E-state index contributed by atoms with van der Waals surface area (Å²) in [6.45, 7) is 2.88. The van der Waals surface area contributed by atoms with Crippen LogP contribution in [0, 0.1) is 0 Å². The van der Waals surface area contributed by atoms with E-state index < -0.39 is 11.2 Å². The molecule has 0 atom stereocenters. The Morgan fingerprint density at radius 2 is 2.11 bits per heavy atom. The number of nitrogens with zero attached hydrogens (tertiary/aromatic N) is 3. The van der Waals surface area contributed by atoms with Crippen LogP contribution in [0.5, 0.6) is 0 Å². The molecule has 2 rings (SSSR count). The predicted octanol–water partition coefficient (Wildman–Crippen LogP) is -0.665. The van der Waals surface area contributed by atoms with Crippen LogP contribution in [0.1, 0.15) is 19.2 Å². The number of nitrogens with one attached hydrogen (secondary N) is 1. The van der Waals surface area contributed by atoms with Crippen LogP contribution in [-0.2, 0) is 20.0 Å². The smallest absolute Gasteiger partial charge is 0.330 e. The average Bonchev–Trinajstić information content (AvgIpc) is 2.65. The van der Waals surface area contributed by atoms with E-state index in [0.29, 0.717) is 30.7 Å². The fourth-order valence-electron chi connectivity index (χ4n) is 2.07. The highest BCUT2D eigenvalue weighted by Crippen LogP contribution is 2.10. The molecule has 0 bridgehead atoms. The molecule has 0 spiro atoms. The first kappa shape index (κ1) is 12.6. The molecule has 7 heteroatoms. The van der Waals surface area contributed by atoms with Crippen LogP contribution in [0.3, 0.4) is 0 Å². The molecule has 98 valence electrons. The van der Waals surface area contributed by atoms with Gasteiger partial charge in [0.25, 0.3) is 5.56 Å². The zero-order valence-electron chi connectivity index (χ0n) is 10.6. The predicted molar refractivity (Wildman–Crippen MR) is 68.6 cm³/mol. The zero-order chi connectivity index (χ0) is 13.3. The lowest BCUT2D eigenvalue weighted by Crippen LogP contribution is -2.30. The van der Waals surface area contributed by atoms with Crippen molar-refractivity contribution < 1.29 is 0 Å². The van der Waals surface area contributed by atoms with Crippen LogP contribution in [0.2, 0.25) is 0 Å². The SMILES string of the molecule is CCn1c(=O)[nH]c(=O)c2c1nc(CCCN)n2C. The third kappa shape index (κ3) is 1.86. The standard InChI is InChI=1S/C11H17N5O2/c1-3-16-9-8(10(17)14-11(16)18)15(2)7(13-9)5-4-6-12/h3-6,12H2,1-2H3,(H,14,17,18). The first-order chi connectivity index (χ1) is 8.60. The minimum Gasteiger partial charge on any atom is -0.330 e. The number of hydrogen-bond acceptors (Lipinski definition) is 4. The van der Waals surface area contributed by atoms with E-state index >= 15 is 0 Å². The Morgan fingerprint density at radius 1 is 1.39 bits per heavy atom. The minimum atomic E-state index is -0.418. The van der Waals surface area contributed by atoms with Gasteiger partial charge in [0.2, 0.25) is 0 Å². The molecule has 0 fully saturated rings. The molecular formula is C11H17N5O2. The van der Waals surface area contributed by atoms with Crippen LogP contribution >= 0.6 is 0 Å². The highest BCUT2D eigenvalue weighted by atomic mass is 16.2. The number of aromatic nitrogens is 4. The fraction of sp³-hybridized carbons (Fsp3) is 0.545. The summed E-state index contributed by atoms with van der Waals surface area (Å²) in [5.74, 6) is 0.772. The zero-order valence-corrected chi connectivity index (χ0v) is 10.6. The first-order valence-electron chi connectivity index (χ1n) is 5.98. The van der Waals surface area contributed by atoms with Crippen molar-refractivity contribution in [3.05, 3.63) is 26.7 Å². The lowest BCUT2D eigenvalue weighted by atomic mass is 10.3. The summed E-state index contributed by atoms with van der Waals surface area (Å²) in [5, 5.41) is 0. The lowest BCUT2D eigenvalue weighted by molar-refractivity contribution is 0.717. The van der Waals surface area contributed by atoms with Gasteiger partial charge in [0.15, 0.2) is 11.2 Å². The summed E-state index contributed by atoms with van der Waals surface area (Å²) in [6.07, 6.45) is 1.49. The van der Waals surface area contributed by atoms with Gasteiger partial charge in [-0.25, -0.2) is 9.78 Å². The molecule has 0 radical (unpaired) electrons. The van der Waals surface area contributed by atoms with Crippen LogP contribution in [-0.4, -0.2) is 25.6 Å². The first-order valence-corrected chi connectivity index (χ1v) is 5.98. The van der Waals surface area contributed by atoms with Gasteiger partial charge >= 0.3 is 5.69 Å². The number of fused-ring (bicyclic) bond motifs is 1. The molecule has 18 heavy (non-hydrogen) atoms. The molecule has 0 saturated heterocycles. The lowest BCUT2D eigenvalue weighted by Gasteiger charge is -2.01. The summed E-state index contributed by atoms with van der Waals surface area (Å²) in [7, 11) is 1.78. The summed E-state index contributed by atoms with van der Waals surface area (Å²) in [4.78, 5) is 30.2. The second-order valence-corrected chi connectivity index (χ2v) is 4.16. The van der Waals surface area contributed by atoms with Crippen LogP contribution in [0.4, 0.5) is 0 Å². The molecule has 0 unspecified atom stereocenters. The summed E-state index contributed by atoms with van der Waals surface area (Å²) in [6, 6.07) is 0. The van der Waals surface area contributed by atoms with Crippen LogP contribution in [0.25, 0.3) is 11.2 Å². The monoisotopic (exact) mass is 251 g/mol. The van der Waals surface area contributed by atoms with Crippen molar-refractivity contribution in [2.75, 3.05) is 6.54 Å². The molecule has 0 saturated carbocycles. The Labute approximate surface area is 103 Å². The topological polar surface area (TPSA) is 98.7 Å². The van der Waals surface area contributed by atoms with Gasteiger partial charge in [-0.3, -0.25) is 14.3 Å². The highest BCUT2D eigenvalue weighted by molar-refractivity contribution is 5.70. The maximum absolute atomic E-state index is 11.8. The second-order valence-electron chi connectivity index (χ2n) is 4.16. The minimum absolute atomic E-state index is 0.395. The van der Waals surface area contributed by atoms with Gasteiger partial charge in [-0.1, -0.05) is 0 Å². The highest BCUT2D eigenvalue weighted by Gasteiger charge is 2.14. The number of hydrogen-bond donors (Lipinski definition) is 2. The Balaban J connectivity index is 2.74. The van der Waals surface area contributed by atoms with E-state index in [2.05, 4.69) is 9.97 Å². The van der Waals surface area contributed by atoms with Crippen molar-refractivity contribution in [3.63, 3.8) is 0 Å². The molecule has 2 aromatic rings. The molecule has 0 amide bonds. The number of aryl methyl sites for hydroxylation is 3. The van der Waals surface area contributed by atoms with E-state index in [-0.39, 0.29) is 0 Å². The Hall–Kier alpha value is -1.89. The van der Waals surface area contributed by atoms with Gasteiger partial charge in [-0.05, 0) is 19.9 Å². The van der Waals surface area contributed by atoms with E-state index in [0.717, 1.165) is 12.2 Å². The molecule has 0 aliphatic heterocycles. The van der Waals surface area contributed by atoms with Crippen molar-refractivity contribution >= 4 is 11.2 Å². The number of aromatic amines is 1. The van der Waals surface area contributed by atoms with E-state index in [1.54, 1.807) is 11.6 Å². The molecule has 0 aliphatic rings. The van der Waals surface area contributed by atoms with Crippen molar-refractivity contribution in [2.45, 2.75) is 26.3 Å². The third-order valence-corrected chi connectivity index (χ3v) is 3.03. The quantitative estimate of drug-likeness (QED) is 0.753. The molecule has 7 nitrogen and oxygen atoms in total. The van der Waals surface area contributed by atoms with E-state index in [9.17, 15) is 9.59 Å². The molecule has 0 aromatic carbocycles. The maximum atomic E-state index is 11.8. The van der Waals surface area contributed by atoms with Gasteiger partial charge in [-0.2, -0.15) is 0 Å². The number of nitrogens with two attached hydrogens (primary N) is 1. The van der Waals surface area contributed by atoms with Crippen molar-refractivity contribution in [1.82, 2.24) is 19.1 Å². The van der Waals surface area contributed by atoms with Gasteiger partial charge in [-0.15, -0.1) is 0 Å². The maximum Gasteiger partial charge on any atom is 0.330 e. The van der Waals surface area contributed by atoms with Crippen LogP contribution < -0.4 is 17.0 Å². The van der Waals surface area contributed by atoms with Gasteiger partial charge < -0.3 is 10.3 Å². The molecular weight excluding hydrogens is 234 g/mol. The Kier molecular flexibility index (Phi) is 3.33. The average molecular weight is 251 g/mol. The Morgan fingerprint density at radius 3 is 2.72 bits per heavy atom. The van der Waals surface area contributed by atoms with Gasteiger partial charge in [0.1, 0.15) is 5.82 Å². The van der Waals surface area contributed by atoms with E-state index in [4.69, 9.17) is 5.73 Å². The van der Waals surface area contributed by atoms with Crippen molar-refractivity contribution in [1.29, 1.82) is 0 Å². The number of rotatable bonds is 4. The summed E-state index contributed by atoms with van der Waals surface area (Å²) in [5.41, 5.74) is 5.54. The fourth-order valence-corrected chi connectivity index (χ4v) is 2.07. The molecule has 2 aromatic heterocycles. The summed E-state index contributed by atoms with van der Waals surface area (Å²) >= 11 is 0. The van der Waals surface area contributed by atoms with Crippen molar-refractivity contribution in [3.8, 4) is 0 Å². The molecule has 3 N–H and O–H groups in total. The summed E-state index contributed by atoms with van der Waals surface area (Å²) < 4.78 is 3.19. The van der Waals surface area contributed by atoms with Crippen molar-refractivity contribution in [2.24, 2.45) is 12.8 Å². The third-order valence-electron chi connectivity index (χ3n) is 3.03. The number of H-pyrrole nitrogens is 1. The van der Waals surface area contributed by atoms with Gasteiger partial charge in [0.05, 0.1) is 0 Å². The number of imidazole rings is 1. The van der Waals surface area contributed by atoms with Gasteiger partial charge in [0, 0.05) is 20.0 Å².